The van der Waals surface area contributed by atoms with Crippen molar-refractivity contribution < 1.29 is 26.4 Å². The van der Waals surface area contributed by atoms with Gasteiger partial charge >= 0.3 is 6.18 Å². The minimum atomic E-state index is -4.69. The van der Waals surface area contributed by atoms with Crippen molar-refractivity contribution in [1.82, 2.24) is 9.71 Å². The number of halogens is 3. The van der Waals surface area contributed by atoms with Gasteiger partial charge in [0.05, 0.1) is 10.5 Å². The Kier molecular flexibility index (Phi) is 5.52. The molecule has 1 amide bonds. The van der Waals surface area contributed by atoms with E-state index >= 15 is 0 Å². The van der Waals surface area contributed by atoms with Gasteiger partial charge in [0.25, 0.3) is 11.5 Å². The Bertz CT molecular complexity index is 967. The largest absolute Gasteiger partial charge is 0.417 e. The van der Waals surface area contributed by atoms with E-state index in [1.165, 1.54) is 24.3 Å². The molecule has 0 unspecified atom stereocenters. The van der Waals surface area contributed by atoms with Crippen LogP contribution in [0.1, 0.15) is 22.8 Å². The van der Waals surface area contributed by atoms with Crippen LogP contribution in [0.25, 0.3) is 0 Å². The normalized spacial score (nSPS) is 12.0. The number of hydrogen-bond donors (Lipinski definition) is 3. The standard InChI is InChI=1S/C15H14F3N3O4S/c1-2-20-26(24,25)11-5-3-9(4-6-11)13(22)21-12-7-10(15(16,17)18)8-19-14(12)23/h3-8,20H,2H2,1H3,(H,19,23)(H,21,22). The maximum Gasteiger partial charge on any atom is 0.417 e. The lowest BCUT2D eigenvalue weighted by atomic mass is 10.2. The lowest BCUT2D eigenvalue weighted by molar-refractivity contribution is -0.137. The first-order valence-corrected chi connectivity index (χ1v) is 8.74. The summed E-state index contributed by atoms with van der Waals surface area (Å²) in [6.45, 7) is 1.79. The maximum atomic E-state index is 12.7. The third-order valence-electron chi connectivity index (χ3n) is 3.24. The van der Waals surface area contributed by atoms with Crippen LogP contribution >= 0.6 is 0 Å². The number of anilines is 1. The molecule has 0 radical (unpaired) electrons. The summed E-state index contributed by atoms with van der Waals surface area (Å²) in [5, 5.41) is 2.07. The molecule has 0 atom stereocenters. The lowest BCUT2D eigenvalue weighted by Crippen LogP contribution is -2.23. The number of carbonyl (C=O) groups excluding carboxylic acids is 1. The summed E-state index contributed by atoms with van der Waals surface area (Å²) in [5.74, 6) is -0.859. The van der Waals surface area contributed by atoms with Crippen LogP contribution in [0.2, 0.25) is 0 Å². The van der Waals surface area contributed by atoms with Crippen molar-refractivity contribution in [2.24, 2.45) is 0 Å². The highest BCUT2D eigenvalue weighted by Crippen LogP contribution is 2.29. The first-order chi connectivity index (χ1) is 12.0. The van der Waals surface area contributed by atoms with Crippen LogP contribution in [0.15, 0.2) is 46.2 Å². The van der Waals surface area contributed by atoms with Crippen LogP contribution in [0.3, 0.4) is 0 Å². The molecule has 1 aromatic carbocycles. The number of benzene rings is 1. The smallest absolute Gasteiger partial charge is 0.327 e. The van der Waals surface area contributed by atoms with E-state index in [0.717, 1.165) is 0 Å². The van der Waals surface area contributed by atoms with Gasteiger partial charge in [-0.25, -0.2) is 13.1 Å². The second-order valence-corrected chi connectivity index (χ2v) is 6.88. The number of alkyl halides is 3. The first-order valence-electron chi connectivity index (χ1n) is 7.25. The van der Waals surface area contributed by atoms with E-state index < -0.39 is 38.9 Å². The Morgan fingerprint density at radius 3 is 2.35 bits per heavy atom. The quantitative estimate of drug-likeness (QED) is 0.726. The predicted octanol–water partition coefficient (Wildman–Crippen LogP) is 1.94. The Morgan fingerprint density at radius 2 is 1.81 bits per heavy atom. The summed E-state index contributed by atoms with van der Waals surface area (Å²) in [4.78, 5) is 25.5. The molecule has 0 aliphatic rings. The van der Waals surface area contributed by atoms with Gasteiger partial charge in [0.1, 0.15) is 5.69 Å². The van der Waals surface area contributed by atoms with Crippen molar-refractivity contribution in [3.8, 4) is 0 Å². The summed E-state index contributed by atoms with van der Waals surface area (Å²) < 4.78 is 64.0. The molecule has 7 nitrogen and oxygen atoms in total. The van der Waals surface area contributed by atoms with Gasteiger partial charge in [-0.15, -0.1) is 0 Å². The lowest BCUT2D eigenvalue weighted by Gasteiger charge is -2.09. The highest BCUT2D eigenvalue weighted by Gasteiger charge is 2.31. The third-order valence-corrected chi connectivity index (χ3v) is 4.80. The molecule has 0 saturated carbocycles. The van der Waals surface area contributed by atoms with Gasteiger partial charge in [0.15, 0.2) is 0 Å². The number of carbonyl (C=O) groups is 1. The zero-order valence-corrected chi connectivity index (χ0v) is 14.2. The predicted molar refractivity (Wildman–Crippen MR) is 87.3 cm³/mol. The van der Waals surface area contributed by atoms with Gasteiger partial charge < -0.3 is 10.3 Å². The molecular weight excluding hydrogens is 375 g/mol. The minimum absolute atomic E-state index is 0.0303. The summed E-state index contributed by atoms with van der Waals surface area (Å²) in [5.41, 5.74) is -2.64. The van der Waals surface area contributed by atoms with Crippen molar-refractivity contribution in [2.45, 2.75) is 18.0 Å². The van der Waals surface area contributed by atoms with Crippen LogP contribution in [0.4, 0.5) is 18.9 Å². The highest BCUT2D eigenvalue weighted by molar-refractivity contribution is 7.89. The van der Waals surface area contributed by atoms with E-state index in [9.17, 15) is 31.2 Å². The number of H-pyrrole nitrogens is 1. The van der Waals surface area contributed by atoms with E-state index in [1.807, 2.05) is 4.98 Å². The average Bonchev–Trinajstić information content (AvgIpc) is 2.56. The molecular formula is C15H14F3N3O4S. The molecule has 0 aliphatic carbocycles. The summed E-state index contributed by atoms with van der Waals surface area (Å²) >= 11 is 0. The molecule has 0 spiro atoms. The Hall–Kier alpha value is -2.66. The molecule has 1 heterocycles. The fraction of sp³-hybridized carbons (Fsp3) is 0.200. The monoisotopic (exact) mass is 389 g/mol. The number of sulfonamides is 1. The van der Waals surface area contributed by atoms with Gasteiger partial charge in [0, 0.05) is 18.3 Å². The molecule has 1 aromatic heterocycles. The minimum Gasteiger partial charge on any atom is -0.327 e. The fourth-order valence-corrected chi connectivity index (χ4v) is 3.03. The third kappa shape index (κ3) is 4.49. The molecule has 0 saturated heterocycles. The Morgan fingerprint density at radius 1 is 1.19 bits per heavy atom. The SMILES string of the molecule is CCNS(=O)(=O)c1ccc(C(=O)Nc2cc(C(F)(F)F)c[nH]c2=O)cc1. The van der Waals surface area contributed by atoms with Gasteiger partial charge in [-0.1, -0.05) is 6.92 Å². The van der Waals surface area contributed by atoms with Gasteiger partial charge in [-0.3, -0.25) is 9.59 Å². The molecule has 2 aromatic rings. The van der Waals surface area contributed by atoms with Crippen LogP contribution in [0.5, 0.6) is 0 Å². The van der Waals surface area contributed by atoms with Crippen LogP contribution in [0, 0.1) is 0 Å². The van der Waals surface area contributed by atoms with Gasteiger partial charge in [-0.2, -0.15) is 13.2 Å². The first kappa shape index (κ1) is 19.7. The number of amides is 1. The maximum absolute atomic E-state index is 12.7. The molecule has 0 fully saturated rings. The number of aromatic amines is 1. The number of rotatable bonds is 5. The zero-order valence-electron chi connectivity index (χ0n) is 13.3. The Balaban J connectivity index is 2.25. The number of aromatic nitrogens is 1. The molecule has 0 bridgehead atoms. The average molecular weight is 389 g/mol. The molecule has 2 rings (SSSR count). The Labute approximate surface area is 146 Å². The highest BCUT2D eigenvalue weighted by atomic mass is 32.2. The molecule has 3 N–H and O–H groups in total. The van der Waals surface area contributed by atoms with E-state index in [1.54, 1.807) is 6.92 Å². The van der Waals surface area contributed by atoms with Gasteiger partial charge in [0.2, 0.25) is 10.0 Å². The van der Waals surface area contributed by atoms with Crippen LogP contribution in [-0.2, 0) is 16.2 Å². The van der Waals surface area contributed by atoms with Crippen molar-refractivity contribution in [2.75, 3.05) is 11.9 Å². The fourth-order valence-electron chi connectivity index (χ4n) is 1.99. The molecule has 0 aliphatic heterocycles. The molecule has 26 heavy (non-hydrogen) atoms. The zero-order chi connectivity index (χ0) is 19.5. The number of pyridine rings is 1. The van der Waals surface area contributed by atoms with E-state index in [2.05, 4.69) is 10.0 Å². The van der Waals surface area contributed by atoms with Crippen molar-refractivity contribution in [1.29, 1.82) is 0 Å². The van der Waals surface area contributed by atoms with Crippen LogP contribution < -0.4 is 15.6 Å². The second-order valence-electron chi connectivity index (χ2n) is 5.11. The van der Waals surface area contributed by atoms with E-state index in [-0.39, 0.29) is 17.0 Å². The number of hydrogen-bond acceptors (Lipinski definition) is 4. The summed E-state index contributed by atoms with van der Waals surface area (Å²) in [6, 6.07) is 5.22. The number of nitrogens with one attached hydrogen (secondary N) is 3. The van der Waals surface area contributed by atoms with Crippen LogP contribution in [-0.4, -0.2) is 25.9 Å². The van der Waals surface area contributed by atoms with E-state index in [0.29, 0.717) is 12.3 Å². The topological polar surface area (TPSA) is 108 Å². The second kappa shape index (κ2) is 7.30. The summed E-state index contributed by atoms with van der Waals surface area (Å²) in [6.07, 6.45) is -4.19. The van der Waals surface area contributed by atoms with Crippen molar-refractivity contribution >= 4 is 21.6 Å². The molecule has 11 heteroatoms. The molecule has 140 valence electrons. The van der Waals surface area contributed by atoms with Crippen molar-refractivity contribution in [3.63, 3.8) is 0 Å². The van der Waals surface area contributed by atoms with Crippen molar-refractivity contribution in [3.05, 3.63) is 58.0 Å². The van der Waals surface area contributed by atoms with E-state index in [4.69, 9.17) is 0 Å². The summed E-state index contributed by atoms with van der Waals surface area (Å²) in [7, 11) is -3.70. The van der Waals surface area contributed by atoms with Gasteiger partial charge in [-0.05, 0) is 30.3 Å².